The molecule has 7 rings (SSSR count). The third-order valence-electron chi connectivity index (χ3n) is 10.8. The van der Waals surface area contributed by atoms with Gasteiger partial charge in [0.2, 0.25) is 5.91 Å². The topological polar surface area (TPSA) is 145 Å². The Balaban J connectivity index is 1.40. The number of hydrogen-bond donors (Lipinski definition) is 2. The SMILES string of the molecule is C/C=C(\CCO)C(=O)O[C@]1(C)CC=C2CSSC[C@H]3[C@@H](CC)CN3C(=O)Cc3cnc(N)cc3[C@@H]2[C@]12Cc1cc3ccc(=O)oc3cc1O2. The summed E-state index contributed by atoms with van der Waals surface area (Å²) in [7, 11) is 3.54. The first-order valence-electron chi connectivity index (χ1n) is 16.8. The number of esters is 1. The third-order valence-corrected chi connectivity index (χ3v) is 13.2. The van der Waals surface area contributed by atoms with Gasteiger partial charge in [-0.25, -0.2) is 14.6 Å². The highest BCUT2D eigenvalue weighted by Crippen LogP contribution is 2.58. The predicted molar refractivity (Wildman–Crippen MR) is 191 cm³/mol. The normalized spacial score (nSPS) is 28.2. The van der Waals surface area contributed by atoms with E-state index in [2.05, 4.69) is 18.0 Å². The minimum Gasteiger partial charge on any atom is -0.481 e. The van der Waals surface area contributed by atoms with Crippen molar-refractivity contribution in [3.63, 3.8) is 0 Å². The quantitative estimate of drug-likeness (QED) is 0.116. The number of rotatable bonds is 5. The molecule has 49 heavy (non-hydrogen) atoms. The largest absolute Gasteiger partial charge is 0.481 e. The molecule has 4 aliphatic rings. The van der Waals surface area contributed by atoms with Gasteiger partial charge in [-0.3, -0.25) is 4.79 Å². The molecule has 5 heterocycles. The fourth-order valence-electron chi connectivity index (χ4n) is 8.01. The van der Waals surface area contributed by atoms with E-state index in [0.717, 1.165) is 46.4 Å². The summed E-state index contributed by atoms with van der Waals surface area (Å²) in [5.74, 6) is 1.91. The summed E-state index contributed by atoms with van der Waals surface area (Å²) in [6, 6.07) is 8.87. The first kappa shape index (κ1) is 33.7. The number of anilines is 1. The average Bonchev–Trinajstić information content (AvgIpc) is 3.43. The van der Waals surface area contributed by atoms with Gasteiger partial charge in [-0.2, -0.15) is 0 Å². The van der Waals surface area contributed by atoms with E-state index in [0.29, 0.717) is 47.2 Å². The summed E-state index contributed by atoms with van der Waals surface area (Å²) in [6.07, 6.45) is 7.61. The molecule has 258 valence electrons. The number of nitrogens with zero attached hydrogens (tertiary/aromatic N) is 2. The Morgan fingerprint density at radius 1 is 1.22 bits per heavy atom. The van der Waals surface area contributed by atoms with Gasteiger partial charge in [-0.15, -0.1) is 0 Å². The number of ether oxygens (including phenoxy) is 2. The predicted octanol–water partition coefficient (Wildman–Crippen LogP) is 5.36. The molecule has 2 aromatic heterocycles. The van der Waals surface area contributed by atoms with E-state index in [-0.39, 0.29) is 31.4 Å². The zero-order chi connectivity index (χ0) is 34.5. The molecule has 1 spiro atoms. The number of fused-ring (bicyclic) bond motifs is 7. The smallest absolute Gasteiger partial charge is 0.336 e. The third kappa shape index (κ3) is 5.85. The molecule has 5 atom stereocenters. The maximum Gasteiger partial charge on any atom is 0.336 e. The standard InChI is InChI=1S/C37H41N3O7S2/c1-4-21(9-11-41)35(44)47-36(3)10-8-24-19-48-49-20-28-22(5-2)18-40(28)32(42)13-26-17-39-31(38)14-27(26)34(24)37(36)16-25-12-23-6-7-33(43)45-29(23)15-30(25)46-37/h4,6-8,12,14-15,17,22,28,34,41H,5,9-11,13,16,18-20H2,1-3H3,(H2,38,39)/b21-4+/t22-,28-,34+,36+,37+/m0/s1. The highest BCUT2D eigenvalue weighted by atomic mass is 33.1. The number of amides is 1. The number of allylic oxidation sites excluding steroid dienone is 1. The van der Waals surface area contributed by atoms with Crippen LogP contribution in [0.3, 0.4) is 0 Å². The molecule has 0 unspecified atom stereocenters. The van der Waals surface area contributed by atoms with E-state index in [1.165, 1.54) is 6.07 Å². The number of hydrogen-bond acceptors (Lipinski definition) is 11. The van der Waals surface area contributed by atoms with E-state index in [1.54, 1.807) is 52.9 Å². The van der Waals surface area contributed by atoms with E-state index >= 15 is 0 Å². The Morgan fingerprint density at radius 3 is 2.84 bits per heavy atom. The lowest BCUT2D eigenvalue weighted by atomic mass is 9.61. The van der Waals surface area contributed by atoms with Crippen LogP contribution in [0.5, 0.6) is 5.75 Å². The summed E-state index contributed by atoms with van der Waals surface area (Å²) in [4.78, 5) is 46.3. The summed E-state index contributed by atoms with van der Waals surface area (Å²) < 4.78 is 19.2. The molecule has 10 nitrogen and oxygen atoms in total. The summed E-state index contributed by atoms with van der Waals surface area (Å²) in [5, 5.41) is 10.4. The van der Waals surface area contributed by atoms with Crippen LogP contribution < -0.4 is 16.1 Å². The Kier molecular flexibility index (Phi) is 9.08. The lowest BCUT2D eigenvalue weighted by molar-refractivity contribution is -0.183. The van der Waals surface area contributed by atoms with Gasteiger partial charge in [-0.1, -0.05) is 46.2 Å². The van der Waals surface area contributed by atoms with Crippen molar-refractivity contribution in [1.82, 2.24) is 9.88 Å². The Labute approximate surface area is 292 Å². The van der Waals surface area contributed by atoms with Gasteiger partial charge in [0.1, 0.15) is 17.2 Å². The first-order chi connectivity index (χ1) is 23.6. The molecular weight excluding hydrogens is 663 g/mol. The molecule has 0 saturated carbocycles. The molecule has 1 fully saturated rings. The zero-order valence-electron chi connectivity index (χ0n) is 27.9. The maximum absolute atomic E-state index is 13.9. The molecule has 3 N–H and O–H groups in total. The van der Waals surface area contributed by atoms with Crippen LogP contribution in [0.4, 0.5) is 5.82 Å². The number of nitrogen functional groups attached to an aromatic ring is 1. The van der Waals surface area contributed by atoms with Gasteiger partial charge in [0.25, 0.3) is 0 Å². The molecule has 1 aliphatic carbocycles. The van der Waals surface area contributed by atoms with Crippen LogP contribution in [0.2, 0.25) is 0 Å². The number of benzene rings is 1. The van der Waals surface area contributed by atoms with Gasteiger partial charge in [-0.05, 0) is 61.1 Å². The van der Waals surface area contributed by atoms with Crippen molar-refractivity contribution in [2.24, 2.45) is 5.92 Å². The number of pyridine rings is 1. The second-order valence-corrected chi connectivity index (χ2v) is 16.1. The van der Waals surface area contributed by atoms with Crippen LogP contribution in [0.25, 0.3) is 11.0 Å². The lowest BCUT2D eigenvalue weighted by Gasteiger charge is -2.53. The number of nitrogens with two attached hydrogens (primary N) is 1. The van der Waals surface area contributed by atoms with E-state index in [1.807, 2.05) is 24.0 Å². The van der Waals surface area contributed by atoms with E-state index in [4.69, 9.17) is 19.6 Å². The zero-order valence-corrected chi connectivity index (χ0v) is 29.5. The molecule has 3 aromatic rings. The molecule has 12 heteroatoms. The lowest BCUT2D eigenvalue weighted by Crippen LogP contribution is -2.63. The minimum absolute atomic E-state index is 0.0527. The van der Waals surface area contributed by atoms with Gasteiger partial charge >= 0.3 is 11.6 Å². The van der Waals surface area contributed by atoms with Gasteiger partial charge in [0, 0.05) is 79.3 Å². The van der Waals surface area contributed by atoms with Crippen molar-refractivity contribution in [1.29, 1.82) is 0 Å². The van der Waals surface area contributed by atoms with Crippen LogP contribution in [-0.4, -0.2) is 68.8 Å². The van der Waals surface area contributed by atoms with Crippen molar-refractivity contribution in [3.05, 3.63) is 86.9 Å². The highest BCUT2D eigenvalue weighted by Gasteiger charge is 2.64. The molecule has 3 aliphatic heterocycles. The summed E-state index contributed by atoms with van der Waals surface area (Å²) in [5.41, 5.74) is 7.87. The average molecular weight is 704 g/mol. The van der Waals surface area contributed by atoms with Gasteiger partial charge in [0.05, 0.1) is 12.3 Å². The number of carbonyl (C=O) groups is 2. The number of aliphatic hydroxyl groups is 1. The second kappa shape index (κ2) is 13.2. The van der Waals surface area contributed by atoms with Crippen molar-refractivity contribution in [3.8, 4) is 5.75 Å². The first-order valence-corrected chi connectivity index (χ1v) is 19.3. The van der Waals surface area contributed by atoms with Crippen LogP contribution >= 0.6 is 21.6 Å². The number of aliphatic hydroxyl groups excluding tert-OH is 1. The van der Waals surface area contributed by atoms with Crippen molar-refractivity contribution in [2.45, 2.75) is 76.0 Å². The summed E-state index contributed by atoms with van der Waals surface area (Å²) in [6.45, 7) is 6.39. The van der Waals surface area contributed by atoms with Crippen molar-refractivity contribution in [2.75, 3.05) is 30.4 Å². The second-order valence-electron chi connectivity index (χ2n) is 13.6. The maximum atomic E-state index is 13.9. The van der Waals surface area contributed by atoms with Crippen LogP contribution in [0, 0.1) is 5.92 Å². The Bertz CT molecular complexity index is 1940. The Hall–Kier alpha value is -3.74. The molecular formula is C37H41N3O7S2. The van der Waals surface area contributed by atoms with Crippen LogP contribution in [-0.2, 0) is 27.2 Å². The minimum atomic E-state index is -1.21. The number of aromatic nitrogens is 1. The van der Waals surface area contributed by atoms with E-state index < -0.39 is 28.7 Å². The highest BCUT2D eigenvalue weighted by molar-refractivity contribution is 8.76. The van der Waals surface area contributed by atoms with E-state index in [9.17, 15) is 19.5 Å². The Morgan fingerprint density at radius 2 is 2.06 bits per heavy atom. The molecule has 1 aromatic carbocycles. The monoisotopic (exact) mass is 703 g/mol. The summed E-state index contributed by atoms with van der Waals surface area (Å²) >= 11 is 0. The van der Waals surface area contributed by atoms with Crippen molar-refractivity contribution >= 4 is 50.3 Å². The van der Waals surface area contributed by atoms with Crippen LogP contribution in [0.1, 0.15) is 62.6 Å². The van der Waals surface area contributed by atoms with Gasteiger partial charge < -0.3 is 29.6 Å². The molecule has 1 saturated heterocycles. The fraction of sp³-hybridized carbons (Fsp3) is 0.459. The fourth-order valence-corrected chi connectivity index (χ4v) is 10.6. The molecule has 0 bridgehead atoms. The molecule has 1 amide bonds. The number of carbonyl (C=O) groups excluding carboxylic acids is 2. The van der Waals surface area contributed by atoms with Crippen LogP contribution in [0.15, 0.2) is 69.0 Å². The van der Waals surface area contributed by atoms with Gasteiger partial charge in [0.15, 0.2) is 11.2 Å². The molecule has 0 radical (unpaired) electrons. The van der Waals surface area contributed by atoms with Crippen molar-refractivity contribution < 1.29 is 28.6 Å².